The van der Waals surface area contributed by atoms with Crippen molar-refractivity contribution in [1.82, 2.24) is 0 Å². The maximum atomic E-state index is 11.6. The second-order valence-electron chi connectivity index (χ2n) is 6.38. The lowest BCUT2D eigenvalue weighted by Crippen LogP contribution is -2.46. The minimum absolute atomic E-state index is 0.469. The highest BCUT2D eigenvalue weighted by Crippen LogP contribution is 2.23. The third kappa shape index (κ3) is 5.03. The van der Waals surface area contributed by atoms with Crippen molar-refractivity contribution in [3.63, 3.8) is 0 Å². The van der Waals surface area contributed by atoms with Crippen LogP contribution in [0.1, 0.15) is 0 Å². The van der Waals surface area contributed by atoms with Crippen LogP contribution >= 0.6 is 0 Å². The van der Waals surface area contributed by atoms with E-state index in [2.05, 4.69) is 27.2 Å². The Bertz CT molecular complexity index is 839. The van der Waals surface area contributed by atoms with Crippen molar-refractivity contribution in [1.29, 1.82) is 0 Å². The van der Waals surface area contributed by atoms with Crippen LogP contribution in [0.25, 0.3) is 0 Å². The number of nitrogens with zero attached hydrogens (tertiary/aromatic N) is 2. The van der Waals surface area contributed by atoms with Crippen LogP contribution in [-0.2, 0) is 9.59 Å². The first-order valence-corrected chi connectivity index (χ1v) is 9.01. The summed E-state index contributed by atoms with van der Waals surface area (Å²) < 4.78 is 5.21. The van der Waals surface area contributed by atoms with E-state index in [-0.39, 0.29) is 0 Å². The van der Waals surface area contributed by atoms with Gasteiger partial charge in [0, 0.05) is 55.4 Å². The van der Waals surface area contributed by atoms with Crippen molar-refractivity contribution >= 4 is 28.9 Å². The average molecular weight is 381 g/mol. The van der Waals surface area contributed by atoms with Crippen molar-refractivity contribution in [2.45, 2.75) is 0 Å². The zero-order valence-corrected chi connectivity index (χ0v) is 15.7. The third-order valence-corrected chi connectivity index (χ3v) is 4.59. The van der Waals surface area contributed by atoms with E-state index in [0.29, 0.717) is 5.69 Å². The number of anilines is 3. The Morgan fingerprint density at radius 3 is 1.86 bits per heavy atom. The fourth-order valence-electron chi connectivity index (χ4n) is 3.10. The number of hydrogen-bond acceptors (Lipinski definition) is 5. The Morgan fingerprint density at radius 1 is 0.893 bits per heavy atom. The number of piperazine rings is 1. The molecule has 0 aliphatic carbocycles. The summed E-state index contributed by atoms with van der Waals surface area (Å²) in [6, 6.07) is 15.6. The fourth-order valence-corrected chi connectivity index (χ4v) is 3.10. The van der Waals surface area contributed by atoms with Gasteiger partial charge in [-0.05, 0) is 48.5 Å². The minimum atomic E-state index is -1.15. The van der Waals surface area contributed by atoms with Crippen LogP contribution in [-0.4, -0.2) is 50.3 Å². The van der Waals surface area contributed by atoms with Crippen molar-refractivity contribution in [2.24, 2.45) is 0 Å². The summed E-state index contributed by atoms with van der Waals surface area (Å²) in [5, 5.41) is 11.2. The van der Waals surface area contributed by atoms with Gasteiger partial charge < -0.3 is 25.0 Å². The molecule has 2 aromatic rings. The van der Waals surface area contributed by atoms with Crippen molar-refractivity contribution in [2.75, 3.05) is 48.4 Å². The molecule has 3 rings (SSSR count). The number of amides is 1. The van der Waals surface area contributed by atoms with Crippen LogP contribution in [0.5, 0.6) is 5.75 Å². The van der Waals surface area contributed by atoms with E-state index in [1.54, 1.807) is 7.11 Å². The fraction of sp³-hybridized carbons (Fsp3) is 0.238. The van der Waals surface area contributed by atoms with Crippen molar-refractivity contribution in [3.8, 4) is 5.75 Å². The Hall–Kier alpha value is -3.48. The van der Waals surface area contributed by atoms with Gasteiger partial charge in [0.2, 0.25) is 5.91 Å². The number of carbonyl (C=O) groups excluding carboxylic acids is 1. The number of aliphatic carboxylic acids is 1. The predicted molar refractivity (Wildman–Crippen MR) is 109 cm³/mol. The van der Waals surface area contributed by atoms with E-state index in [1.807, 2.05) is 36.4 Å². The Balaban J connectivity index is 1.54. The van der Waals surface area contributed by atoms with Gasteiger partial charge in [-0.2, -0.15) is 0 Å². The lowest BCUT2D eigenvalue weighted by molar-refractivity contribution is -0.131. The molecule has 0 spiro atoms. The number of benzene rings is 2. The lowest BCUT2D eigenvalue weighted by Gasteiger charge is -2.37. The standard InChI is InChI=1S/C21H23N3O4/c1-28-19-8-6-18(7-9-19)24-14-12-23(13-15-24)17-4-2-16(3-5-17)22-20(25)10-11-21(26)27/h2-11H,12-15H2,1H3,(H,22,25)(H,26,27)/b11-10+. The molecule has 7 nitrogen and oxygen atoms in total. The second-order valence-corrected chi connectivity index (χ2v) is 6.38. The molecule has 0 radical (unpaired) electrons. The molecule has 1 heterocycles. The van der Waals surface area contributed by atoms with Gasteiger partial charge >= 0.3 is 5.97 Å². The first kappa shape index (κ1) is 19.3. The van der Waals surface area contributed by atoms with Crippen LogP contribution in [0.15, 0.2) is 60.7 Å². The Kier molecular flexibility index (Phi) is 6.16. The Labute approximate surface area is 163 Å². The summed E-state index contributed by atoms with van der Waals surface area (Å²) in [6.45, 7) is 3.65. The zero-order chi connectivity index (χ0) is 19.9. The van der Waals surface area contributed by atoms with Gasteiger partial charge in [-0.1, -0.05) is 0 Å². The summed E-state index contributed by atoms with van der Waals surface area (Å²) in [5.74, 6) is -0.768. The maximum absolute atomic E-state index is 11.6. The molecular weight excluding hydrogens is 358 g/mol. The number of ether oxygens (including phenoxy) is 1. The molecule has 0 unspecified atom stereocenters. The molecular formula is C21H23N3O4. The first-order chi connectivity index (χ1) is 13.5. The number of carboxylic acid groups (broad SMARTS) is 1. The van der Waals surface area contributed by atoms with Gasteiger partial charge in [-0.25, -0.2) is 4.79 Å². The number of hydrogen-bond donors (Lipinski definition) is 2. The molecule has 7 heteroatoms. The second kappa shape index (κ2) is 8.94. The zero-order valence-electron chi connectivity index (χ0n) is 15.7. The molecule has 1 amide bonds. The molecule has 1 fully saturated rings. The van der Waals surface area contributed by atoms with Gasteiger partial charge in [-0.15, -0.1) is 0 Å². The van der Waals surface area contributed by atoms with E-state index >= 15 is 0 Å². The lowest BCUT2D eigenvalue weighted by atomic mass is 10.2. The molecule has 1 aliphatic heterocycles. The van der Waals surface area contributed by atoms with Crippen LogP contribution in [0.3, 0.4) is 0 Å². The SMILES string of the molecule is COc1ccc(N2CCN(c3ccc(NC(=O)/C=C/C(=O)O)cc3)CC2)cc1. The van der Waals surface area contributed by atoms with E-state index < -0.39 is 11.9 Å². The first-order valence-electron chi connectivity index (χ1n) is 9.01. The van der Waals surface area contributed by atoms with Crippen LogP contribution < -0.4 is 19.9 Å². The van der Waals surface area contributed by atoms with Crippen LogP contribution in [0, 0.1) is 0 Å². The molecule has 2 aromatic carbocycles. The average Bonchev–Trinajstić information content (AvgIpc) is 2.73. The smallest absolute Gasteiger partial charge is 0.328 e. The molecule has 0 aromatic heterocycles. The van der Waals surface area contributed by atoms with Crippen LogP contribution in [0.2, 0.25) is 0 Å². The molecule has 2 N–H and O–H groups in total. The number of carbonyl (C=O) groups is 2. The molecule has 146 valence electrons. The highest BCUT2D eigenvalue weighted by atomic mass is 16.5. The molecule has 0 atom stereocenters. The van der Waals surface area contributed by atoms with Gasteiger partial charge in [0.15, 0.2) is 0 Å². The highest BCUT2D eigenvalue weighted by molar-refractivity contribution is 6.02. The van der Waals surface area contributed by atoms with E-state index in [0.717, 1.165) is 49.8 Å². The quantitative estimate of drug-likeness (QED) is 0.749. The summed E-state index contributed by atoms with van der Waals surface area (Å²) in [7, 11) is 1.66. The third-order valence-electron chi connectivity index (χ3n) is 4.59. The van der Waals surface area contributed by atoms with Gasteiger partial charge in [0.05, 0.1) is 7.11 Å². The van der Waals surface area contributed by atoms with Gasteiger partial charge in [-0.3, -0.25) is 4.79 Å². The number of methoxy groups -OCH3 is 1. The van der Waals surface area contributed by atoms with Crippen molar-refractivity contribution in [3.05, 3.63) is 60.7 Å². The van der Waals surface area contributed by atoms with Crippen molar-refractivity contribution < 1.29 is 19.4 Å². The molecule has 1 saturated heterocycles. The van der Waals surface area contributed by atoms with Crippen LogP contribution in [0.4, 0.5) is 17.1 Å². The molecule has 28 heavy (non-hydrogen) atoms. The number of nitrogens with one attached hydrogen (secondary N) is 1. The summed E-state index contributed by atoms with van der Waals surface area (Å²) in [4.78, 5) is 26.7. The van der Waals surface area contributed by atoms with E-state index in [4.69, 9.17) is 9.84 Å². The topological polar surface area (TPSA) is 82.1 Å². The van der Waals surface area contributed by atoms with Gasteiger partial charge in [0.25, 0.3) is 0 Å². The number of rotatable bonds is 6. The van der Waals surface area contributed by atoms with E-state index in [1.165, 1.54) is 5.69 Å². The Morgan fingerprint density at radius 2 is 1.39 bits per heavy atom. The normalized spacial score (nSPS) is 14.2. The molecule has 1 aliphatic rings. The summed E-state index contributed by atoms with van der Waals surface area (Å²) in [5.41, 5.74) is 2.90. The summed E-state index contributed by atoms with van der Waals surface area (Å²) >= 11 is 0. The van der Waals surface area contributed by atoms with Gasteiger partial charge in [0.1, 0.15) is 5.75 Å². The van der Waals surface area contributed by atoms with E-state index in [9.17, 15) is 9.59 Å². The minimum Gasteiger partial charge on any atom is -0.497 e. The molecule has 0 bridgehead atoms. The summed E-state index contributed by atoms with van der Waals surface area (Å²) in [6.07, 6.45) is 1.81. The number of carboxylic acids is 1. The largest absolute Gasteiger partial charge is 0.497 e. The monoisotopic (exact) mass is 381 g/mol. The highest BCUT2D eigenvalue weighted by Gasteiger charge is 2.17. The molecule has 0 saturated carbocycles. The maximum Gasteiger partial charge on any atom is 0.328 e. The predicted octanol–water partition coefficient (Wildman–Crippen LogP) is 2.60.